The summed E-state index contributed by atoms with van der Waals surface area (Å²) < 4.78 is 0.612. The summed E-state index contributed by atoms with van der Waals surface area (Å²) in [5, 5.41) is 22.5. The first kappa shape index (κ1) is 8.18. The average Bonchev–Trinajstić information content (AvgIpc) is 2.62. The molecule has 0 radical (unpaired) electrons. The highest BCUT2D eigenvalue weighted by molar-refractivity contribution is 9.10. The van der Waals surface area contributed by atoms with Crippen LogP contribution in [-0.2, 0) is 0 Å². The SMILES string of the molecule is Oc1ccc(-c2nnn[nH]2)cc1Br. The summed E-state index contributed by atoms with van der Waals surface area (Å²) in [5.41, 5.74) is 0.815. The monoisotopic (exact) mass is 240 g/mol. The lowest BCUT2D eigenvalue weighted by Gasteiger charge is -1.98. The Hall–Kier alpha value is -1.43. The van der Waals surface area contributed by atoms with Gasteiger partial charge in [-0.2, -0.15) is 0 Å². The van der Waals surface area contributed by atoms with Gasteiger partial charge < -0.3 is 5.11 Å². The Labute approximate surface area is 81.9 Å². The molecule has 0 spiro atoms. The predicted octanol–water partition coefficient (Wildman–Crippen LogP) is 1.33. The van der Waals surface area contributed by atoms with Crippen LogP contribution in [0.15, 0.2) is 22.7 Å². The van der Waals surface area contributed by atoms with Crippen molar-refractivity contribution in [2.75, 3.05) is 0 Å². The molecule has 2 rings (SSSR count). The van der Waals surface area contributed by atoms with Crippen LogP contribution in [-0.4, -0.2) is 25.7 Å². The number of nitrogens with one attached hydrogen (secondary N) is 1. The van der Waals surface area contributed by atoms with Gasteiger partial charge in [0.25, 0.3) is 0 Å². The number of H-pyrrole nitrogens is 1. The fraction of sp³-hybridized carbons (Fsp3) is 0. The lowest BCUT2D eigenvalue weighted by atomic mass is 10.2. The molecule has 66 valence electrons. The molecule has 0 saturated heterocycles. The highest BCUT2D eigenvalue weighted by Gasteiger charge is 2.04. The van der Waals surface area contributed by atoms with Crippen molar-refractivity contribution in [3.63, 3.8) is 0 Å². The number of nitrogens with zero attached hydrogens (tertiary/aromatic N) is 3. The van der Waals surface area contributed by atoms with E-state index in [1.54, 1.807) is 18.2 Å². The van der Waals surface area contributed by atoms with Gasteiger partial charge in [-0.3, -0.25) is 0 Å². The van der Waals surface area contributed by atoms with Crippen molar-refractivity contribution in [2.45, 2.75) is 0 Å². The third-order valence-electron chi connectivity index (χ3n) is 1.57. The van der Waals surface area contributed by atoms with E-state index in [-0.39, 0.29) is 5.75 Å². The van der Waals surface area contributed by atoms with E-state index >= 15 is 0 Å². The highest BCUT2D eigenvalue weighted by atomic mass is 79.9. The summed E-state index contributed by atoms with van der Waals surface area (Å²) in [6.45, 7) is 0. The van der Waals surface area contributed by atoms with Crippen LogP contribution in [0.2, 0.25) is 0 Å². The van der Waals surface area contributed by atoms with Crippen molar-refractivity contribution >= 4 is 15.9 Å². The first-order chi connectivity index (χ1) is 6.27. The van der Waals surface area contributed by atoms with Gasteiger partial charge in [0, 0.05) is 5.56 Å². The number of rotatable bonds is 1. The second kappa shape index (κ2) is 3.14. The Morgan fingerprint density at radius 2 is 2.23 bits per heavy atom. The van der Waals surface area contributed by atoms with Crippen molar-refractivity contribution in [2.24, 2.45) is 0 Å². The van der Waals surface area contributed by atoms with E-state index in [1.165, 1.54) is 0 Å². The zero-order valence-electron chi connectivity index (χ0n) is 6.40. The quantitative estimate of drug-likeness (QED) is 0.789. The molecular formula is C7H5BrN4O. The second-order valence-electron chi connectivity index (χ2n) is 2.42. The Morgan fingerprint density at radius 3 is 2.85 bits per heavy atom. The van der Waals surface area contributed by atoms with E-state index in [2.05, 4.69) is 36.6 Å². The van der Waals surface area contributed by atoms with Crippen LogP contribution in [0.5, 0.6) is 5.75 Å². The molecule has 0 fully saturated rings. The molecule has 1 aromatic carbocycles. The van der Waals surface area contributed by atoms with Crippen LogP contribution in [0.4, 0.5) is 0 Å². The van der Waals surface area contributed by atoms with Gasteiger partial charge in [0.15, 0.2) is 5.82 Å². The van der Waals surface area contributed by atoms with Gasteiger partial charge in [-0.25, -0.2) is 5.10 Å². The molecule has 6 heteroatoms. The molecular weight excluding hydrogens is 236 g/mol. The maximum atomic E-state index is 9.23. The van der Waals surface area contributed by atoms with Crippen LogP contribution in [0, 0.1) is 0 Å². The topological polar surface area (TPSA) is 74.7 Å². The Balaban J connectivity index is 2.49. The molecule has 5 nitrogen and oxygen atoms in total. The molecule has 0 unspecified atom stereocenters. The molecule has 1 aromatic heterocycles. The molecule has 0 aliphatic carbocycles. The van der Waals surface area contributed by atoms with Crippen molar-refractivity contribution in [3.05, 3.63) is 22.7 Å². The molecule has 2 aromatic rings. The molecule has 0 atom stereocenters. The number of aromatic hydroxyl groups is 1. The number of benzene rings is 1. The summed E-state index contributed by atoms with van der Waals surface area (Å²) in [4.78, 5) is 0. The number of hydrogen-bond acceptors (Lipinski definition) is 4. The van der Waals surface area contributed by atoms with Gasteiger partial charge in [-0.1, -0.05) is 0 Å². The number of aromatic amines is 1. The minimum atomic E-state index is 0.191. The number of aromatic nitrogens is 4. The van der Waals surface area contributed by atoms with Crippen LogP contribution in [0.1, 0.15) is 0 Å². The van der Waals surface area contributed by atoms with Gasteiger partial charge in [0.1, 0.15) is 5.75 Å². The highest BCUT2D eigenvalue weighted by Crippen LogP contribution is 2.27. The van der Waals surface area contributed by atoms with Crippen molar-refractivity contribution in [1.29, 1.82) is 0 Å². The fourth-order valence-electron chi connectivity index (χ4n) is 0.936. The number of hydrogen-bond donors (Lipinski definition) is 2. The third-order valence-corrected chi connectivity index (χ3v) is 2.20. The van der Waals surface area contributed by atoms with E-state index in [9.17, 15) is 5.11 Å². The first-order valence-corrected chi connectivity index (χ1v) is 4.29. The number of phenols is 1. The van der Waals surface area contributed by atoms with Crippen molar-refractivity contribution < 1.29 is 5.11 Å². The zero-order valence-corrected chi connectivity index (χ0v) is 7.98. The normalized spacial score (nSPS) is 10.2. The maximum absolute atomic E-state index is 9.23. The summed E-state index contributed by atoms with van der Waals surface area (Å²) in [6, 6.07) is 5.03. The van der Waals surface area contributed by atoms with Gasteiger partial charge in [-0.05, 0) is 44.6 Å². The van der Waals surface area contributed by atoms with Crippen LogP contribution < -0.4 is 0 Å². The van der Waals surface area contributed by atoms with E-state index < -0.39 is 0 Å². The fourth-order valence-corrected chi connectivity index (χ4v) is 1.31. The molecule has 13 heavy (non-hydrogen) atoms. The zero-order chi connectivity index (χ0) is 9.26. The molecule has 2 N–H and O–H groups in total. The molecule has 0 amide bonds. The summed E-state index contributed by atoms with van der Waals surface area (Å²) in [6.07, 6.45) is 0. The summed E-state index contributed by atoms with van der Waals surface area (Å²) in [7, 11) is 0. The smallest absolute Gasteiger partial charge is 0.179 e. The third kappa shape index (κ3) is 1.52. The largest absolute Gasteiger partial charge is 0.507 e. The maximum Gasteiger partial charge on any atom is 0.179 e. The van der Waals surface area contributed by atoms with Gasteiger partial charge >= 0.3 is 0 Å². The minimum Gasteiger partial charge on any atom is -0.507 e. The summed E-state index contributed by atoms with van der Waals surface area (Å²) >= 11 is 3.20. The van der Waals surface area contributed by atoms with Crippen molar-refractivity contribution in [3.8, 4) is 17.1 Å². The Bertz CT molecular complexity index is 414. The minimum absolute atomic E-state index is 0.191. The molecule has 0 aliphatic heterocycles. The number of halogens is 1. The second-order valence-corrected chi connectivity index (χ2v) is 3.27. The van der Waals surface area contributed by atoms with E-state index in [1.807, 2.05) is 0 Å². The first-order valence-electron chi connectivity index (χ1n) is 3.50. The lowest BCUT2D eigenvalue weighted by Crippen LogP contribution is -1.80. The molecule has 0 aliphatic rings. The van der Waals surface area contributed by atoms with E-state index in [0.717, 1.165) is 5.56 Å². The van der Waals surface area contributed by atoms with Crippen LogP contribution in [0.3, 0.4) is 0 Å². The van der Waals surface area contributed by atoms with Crippen LogP contribution in [0.25, 0.3) is 11.4 Å². The molecule has 1 heterocycles. The van der Waals surface area contributed by atoms with Gasteiger partial charge in [0.2, 0.25) is 0 Å². The predicted molar refractivity (Wildman–Crippen MR) is 49.0 cm³/mol. The van der Waals surface area contributed by atoms with Crippen LogP contribution >= 0.6 is 15.9 Å². The number of tetrazole rings is 1. The average molecular weight is 241 g/mol. The van der Waals surface area contributed by atoms with E-state index in [0.29, 0.717) is 10.3 Å². The van der Waals surface area contributed by atoms with Gasteiger partial charge in [0.05, 0.1) is 4.47 Å². The van der Waals surface area contributed by atoms with Gasteiger partial charge in [-0.15, -0.1) is 5.10 Å². The molecule has 0 saturated carbocycles. The Morgan fingerprint density at radius 1 is 1.38 bits per heavy atom. The molecule has 0 bridgehead atoms. The number of phenolic OH excluding ortho intramolecular Hbond substituents is 1. The summed E-state index contributed by atoms with van der Waals surface area (Å²) in [5.74, 6) is 0.761. The Kier molecular flexibility index (Phi) is 1.97. The van der Waals surface area contributed by atoms with E-state index in [4.69, 9.17) is 0 Å². The standard InChI is InChI=1S/C7H5BrN4O/c8-5-3-4(1-2-6(5)13)7-9-11-12-10-7/h1-3,13H,(H,9,10,11,12). The lowest BCUT2D eigenvalue weighted by molar-refractivity contribution is 0.472. The van der Waals surface area contributed by atoms with Crippen molar-refractivity contribution in [1.82, 2.24) is 20.6 Å².